The van der Waals surface area contributed by atoms with Crippen LogP contribution in [0.2, 0.25) is 0 Å². The number of carbonyl (C=O) groups excluding carboxylic acids is 1. The molecule has 1 amide bonds. The number of nitrogens with zero attached hydrogens (tertiary/aromatic N) is 4. The van der Waals surface area contributed by atoms with E-state index in [9.17, 15) is 9.59 Å². The van der Waals surface area contributed by atoms with Crippen LogP contribution in [0, 0.1) is 12.8 Å². The third-order valence-electron chi connectivity index (χ3n) is 6.51. The summed E-state index contributed by atoms with van der Waals surface area (Å²) in [5.74, 6) is 0.854. The fraction of sp³-hybridized carbons (Fsp3) is 0.714. The zero-order valence-corrected chi connectivity index (χ0v) is 17.1. The molecule has 27 heavy (non-hydrogen) atoms. The minimum Gasteiger partial charge on any atom is -0.343 e. The first-order valence-electron chi connectivity index (χ1n) is 10.3. The molecule has 2 aliphatic rings. The SMILES string of the molecule is Cc1cccc(=O)n1CCC(=O)N1CCC([C@H](C)N2CCN(C)CC2)CC1. The number of amides is 1. The van der Waals surface area contributed by atoms with E-state index in [2.05, 4.69) is 23.8 Å². The molecule has 0 N–H and O–H groups in total. The lowest BCUT2D eigenvalue weighted by Crippen LogP contribution is -2.52. The van der Waals surface area contributed by atoms with Gasteiger partial charge < -0.3 is 14.4 Å². The summed E-state index contributed by atoms with van der Waals surface area (Å²) in [5, 5.41) is 0. The number of piperazine rings is 1. The zero-order chi connectivity index (χ0) is 19.4. The second-order valence-corrected chi connectivity index (χ2v) is 8.21. The Morgan fingerprint density at radius 1 is 1.11 bits per heavy atom. The Morgan fingerprint density at radius 3 is 2.41 bits per heavy atom. The van der Waals surface area contributed by atoms with Crippen molar-refractivity contribution in [2.45, 2.75) is 45.7 Å². The van der Waals surface area contributed by atoms with E-state index in [-0.39, 0.29) is 11.5 Å². The normalized spacial score (nSPS) is 21.4. The molecule has 1 atom stereocenters. The second-order valence-electron chi connectivity index (χ2n) is 8.21. The molecule has 6 nitrogen and oxygen atoms in total. The summed E-state index contributed by atoms with van der Waals surface area (Å²) in [5.41, 5.74) is 0.887. The van der Waals surface area contributed by atoms with E-state index < -0.39 is 0 Å². The Morgan fingerprint density at radius 2 is 1.78 bits per heavy atom. The van der Waals surface area contributed by atoms with Gasteiger partial charge in [0.1, 0.15) is 0 Å². The third-order valence-corrected chi connectivity index (χ3v) is 6.51. The predicted molar refractivity (Wildman–Crippen MR) is 108 cm³/mol. The molecule has 0 aliphatic carbocycles. The van der Waals surface area contributed by atoms with Gasteiger partial charge in [-0.1, -0.05) is 6.07 Å². The van der Waals surface area contributed by atoms with Gasteiger partial charge in [-0.3, -0.25) is 14.5 Å². The Kier molecular flexibility index (Phi) is 6.71. The quantitative estimate of drug-likeness (QED) is 0.782. The second kappa shape index (κ2) is 9.02. The number of aromatic nitrogens is 1. The van der Waals surface area contributed by atoms with Gasteiger partial charge in [0.25, 0.3) is 5.56 Å². The Balaban J connectivity index is 1.46. The van der Waals surface area contributed by atoms with Crippen molar-refractivity contribution in [2.24, 2.45) is 5.92 Å². The van der Waals surface area contributed by atoms with Crippen LogP contribution in [0.25, 0.3) is 0 Å². The highest BCUT2D eigenvalue weighted by Crippen LogP contribution is 2.25. The van der Waals surface area contributed by atoms with E-state index in [0.29, 0.717) is 24.9 Å². The van der Waals surface area contributed by atoms with Crippen LogP contribution in [-0.4, -0.2) is 77.5 Å². The highest BCUT2D eigenvalue weighted by molar-refractivity contribution is 5.76. The van der Waals surface area contributed by atoms with Crippen LogP contribution in [0.1, 0.15) is 31.9 Å². The number of piperidine rings is 1. The van der Waals surface area contributed by atoms with E-state index in [1.165, 1.54) is 0 Å². The smallest absolute Gasteiger partial charge is 0.250 e. The van der Waals surface area contributed by atoms with Gasteiger partial charge >= 0.3 is 0 Å². The van der Waals surface area contributed by atoms with Crippen molar-refractivity contribution >= 4 is 5.91 Å². The topological polar surface area (TPSA) is 48.8 Å². The monoisotopic (exact) mass is 374 g/mol. The molecule has 1 aromatic rings. The average Bonchev–Trinajstić information content (AvgIpc) is 2.67. The molecule has 150 valence electrons. The summed E-state index contributed by atoms with van der Waals surface area (Å²) in [7, 11) is 2.19. The largest absolute Gasteiger partial charge is 0.343 e. The summed E-state index contributed by atoms with van der Waals surface area (Å²) >= 11 is 0. The van der Waals surface area contributed by atoms with Crippen molar-refractivity contribution in [1.82, 2.24) is 19.3 Å². The van der Waals surface area contributed by atoms with Crippen molar-refractivity contribution in [3.63, 3.8) is 0 Å². The van der Waals surface area contributed by atoms with Gasteiger partial charge in [-0.05, 0) is 45.7 Å². The van der Waals surface area contributed by atoms with Crippen LogP contribution in [0.5, 0.6) is 0 Å². The Bertz CT molecular complexity index is 686. The standard InChI is InChI=1S/C21H34N4O2/c1-17-5-4-6-21(27)25(17)12-9-20(26)24-10-7-19(8-11-24)18(2)23-15-13-22(3)14-16-23/h4-6,18-19H,7-16H2,1-3H3/t18-/m0/s1. The first-order chi connectivity index (χ1) is 13.0. The lowest BCUT2D eigenvalue weighted by Gasteiger charge is -2.42. The van der Waals surface area contributed by atoms with Gasteiger partial charge in [0.15, 0.2) is 0 Å². The molecular formula is C21H34N4O2. The molecule has 2 aliphatic heterocycles. The third kappa shape index (κ3) is 4.99. The van der Waals surface area contributed by atoms with E-state index in [1.54, 1.807) is 16.7 Å². The van der Waals surface area contributed by atoms with E-state index in [1.807, 2.05) is 17.9 Å². The van der Waals surface area contributed by atoms with Gasteiger partial charge in [-0.2, -0.15) is 0 Å². The van der Waals surface area contributed by atoms with E-state index >= 15 is 0 Å². The molecule has 0 aromatic carbocycles. The summed E-state index contributed by atoms with van der Waals surface area (Å²) in [4.78, 5) is 31.6. The first kappa shape index (κ1) is 20.1. The van der Waals surface area contributed by atoms with Crippen LogP contribution in [-0.2, 0) is 11.3 Å². The highest BCUT2D eigenvalue weighted by atomic mass is 16.2. The highest BCUT2D eigenvalue weighted by Gasteiger charge is 2.30. The number of likely N-dealkylation sites (tertiary alicyclic amines) is 1. The van der Waals surface area contributed by atoms with Crippen LogP contribution in [0.15, 0.2) is 23.0 Å². The summed E-state index contributed by atoms with van der Waals surface area (Å²) in [6.45, 7) is 11.1. The Labute approximate surface area is 162 Å². The number of hydrogen-bond donors (Lipinski definition) is 0. The maximum absolute atomic E-state index is 12.6. The average molecular weight is 375 g/mol. The number of rotatable bonds is 5. The molecule has 0 saturated carbocycles. The summed E-state index contributed by atoms with van der Waals surface area (Å²) in [6.07, 6.45) is 2.58. The fourth-order valence-electron chi connectivity index (χ4n) is 4.43. The maximum atomic E-state index is 12.6. The minimum atomic E-state index is -0.0255. The lowest BCUT2D eigenvalue weighted by molar-refractivity contribution is -0.133. The minimum absolute atomic E-state index is 0.0255. The fourth-order valence-corrected chi connectivity index (χ4v) is 4.43. The zero-order valence-electron chi connectivity index (χ0n) is 17.1. The van der Waals surface area contributed by atoms with Crippen LogP contribution in [0.3, 0.4) is 0 Å². The van der Waals surface area contributed by atoms with Gasteiger partial charge in [0, 0.05) is 70.0 Å². The first-order valence-corrected chi connectivity index (χ1v) is 10.3. The number of likely N-dealkylation sites (N-methyl/N-ethyl adjacent to an activating group) is 1. The molecule has 0 bridgehead atoms. The lowest BCUT2D eigenvalue weighted by atomic mass is 9.89. The van der Waals surface area contributed by atoms with Crippen molar-refractivity contribution < 1.29 is 4.79 Å². The summed E-state index contributed by atoms with van der Waals surface area (Å²) < 4.78 is 1.69. The van der Waals surface area contributed by atoms with E-state index in [4.69, 9.17) is 0 Å². The molecule has 6 heteroatoms. The van der Waals surface area contributed by atoms with Gasteiger partial charge in [-0.15, -0.1) is 0 Å². The van der Waals surface area contributed by atoms with Crippen molar-refractivity contribution in [1.29, 1.82) is 0 Å². The molecule has 2 fully saturated rings. The predicted octanol–water partition coefficient (Wildman–Crippen LogP) is 1.42. The molecule has 0 radical (unpaired) electrons. The number of hydrogen-bond acceptors (Lipinski definition) is 4. The molecular weight excluding hydrogens is 340 g/mol. The van der Waals surface area contributed by atoms with Gasteiger partial charge in [0.05, 0.1) is 0 Å². The van der Waals surface area contributed by atoms with Gasteiger partial charge in [0.2, 0.25) is 5.91 Å². The Hall–Kier alpha value is -1.66. The van der Waals surface area contributed by atoms with Crippen LogP contribution in [0.4, 0.5) is 0 Å². The molecule has 3 heterocycles. The molecule has 0 spiro atoms. The molecule has 0 unspecified atom stereocenters. The van der Waals surface area contributed by atoms with E-state index in [0.717, 1.165) is 57.8 Å². The van der Waals surface area contributed by atoms with Crippen LogP contribution >= 0.6 is 0 Å². The maximum Gasteiger partial charge on any atom is 0.250 e. The van der Waals surface area contributed by atoms with Gasteiger partial charge in [-0.25, -0.2) is 0 Å². The van der Waals surface area contributed by atoms with Crippen molar-refractivity contribution in [2.75, 3.05) is 46.3 Å². The molecule has 1 aromatic heterocycles. The molecule has 2 saturated heterocycles. The van der Waals surface area contributed by atoms with Crippen molar-refractivity contribution in [3.8, 4) is 0 Å². The molecule has 3 rings (SSSR count). The summed E-state index contributed by atoms with van der Waals surface area (Å²) in [6, 6.07) is 5.84. The number of carbonyl (C=O) groups is 1. The number of pyridine rings is 1. The van der Waals surface area contributed by atoms with Crippen LogP contribution < -0.4 is 5.56 Å². The van der Waals surface area contributed by atoms with Crippen molar-refractivity contribution in [3.05, 3.63) is 34.2 Å². The number of aryl methyl sites for hydroxylation is 1.